The van der Waals surface area contributed by atoms with Crippen molar-refractivity contribution < 1.29 is 14.3 Å². The lowest BCUT2D eigenvalue weighted by Crippen LogP contribution is -2.39. The second-order valence-corrected chi connectivity index (χ2v) is 5.17. The minimum absolute atomic E-state index is 0.142. The van der Waals surface area contributed by atoms with Crippen LogP contribution in [0.5, 0.6) is 0 Å². The van der Waals surface area contributed by atoms with Crippen molar-refractivity contribution in [1.82, 2.24) is 14.9 Å². The zero-order chi connectivity index (χ0) is 17.1. The van der Waals surface area contributed by atoms with Gasteiger partial charge >= 0.3 is 5.97 Å². The van der Waals surface area contributed by atoms with Gasteiger partial charge in [-0.3, -0.25) is 9.59 Å². The van der Waals surface area contributed by atoms with Crippen LogP contribution in [0.15, 0.2) is 23.0 Å². The van der Waals surface area contributed by atoms with Gasteiger partial charge in [0.15, 0.2) is 0 Å². The number of carbonyl (C=O) groups is 2. The zero-order valence-electron chi connectivity index (χ0n) is 13.5. The van der Waals surface area contributed by atoms with Crippen LogP contribution >= 0.6 is 0 Å². The maximum Gasteiger partial charge on any atom is 0.328 e. The molecule has 0 aliphatic carbocycles. The summed E-state index contributed by atoms with van der Waals surface area (Å²) in [5.41, 5.74) is 1.82. The third-order valence-electron chi connectivity index (χ3n) is 3.59. The Morgan fingerprint density at radius 3 is 2.70 bits per heavy atom. The van der Waals surface area contributed by atoms with E-state index in [1.165, 1.54) is 7.11 Å². The molecule has 0 aliphatic rings. The fraction of sp³-hybridized carbons (Fsp3) is 0.375. The van der Waals surface area contributed by atoms with Gasteiger partial charge in [-0.15, -0.1) is 0 Å². The van der Waals surface area contributed by atoms with Gasteiger partial charge in [0.1, 0.15) is 11.7 Å². The molecular weight excluding hydrogens is 298 g/mol. The smallest absolute Gasteiger partial charge is 0.328 e. The molecule has 7 heteroatoms. The molecule has 0 fully saturated rings. The van der Waals surface area contributed by atoms with E-state index in [4.69, 9.17) is 0 Å². The SMILES string of the molecule is CCn1c(=O)c(C)nc2cc(C(=O)N[C@@H](C)C(=O)OC)ccc21. The van der Waals surface area contributed by atoms with Crippen LogP contribution < -0.4 is 10.9 Å². The van der Waals surface area contributed by atoms with E-state index in [2.05, 4.69) is 15.0 Å². The van der Waals surface area contributed by atoms with Gasteiger partial charge in [-0.05, 0) is 39.0 Å². The third-order valence-corrected chi connectivity index (χ3v) is 3.59. The number of amides is 1. The molecular formula is C16H19N3O4. The first kappa shape index (κ1) is 16.7. The van der Waals surface area contributed by atoms with E-state index in [1.807, 2.05) is 6.92 Å². The number of ether oxygens (including phenoxy) is 1. The molecule has 0 unspecified atom stereocenters. The maximum atomic E-state index is 12.2. The summed E-state index contributed by atoms with van der Waals surface area (Å²) in [7, 11) is 1.26. The molecule has 23 heavy (non-hydrogen) atoms. The van der Waals surface area contributed by atoms with Crippen molar-refractivity contribution in [1.29, 1.82) is 0 Å². The number of nitrogens with one attached hydrogen (secondary N) is 1. The molecule has 0 saturated carbocycles. The summed E-state index contributed by atoms with van der Waals surface area (Å²) >= 11 is 0. The molecule has 0 radical (unpaired) electrons. The fourth-order valence-corrected chi connectivity index (χ4v) is 2.35. The topological polar surface area (TPSA) is 90.3 Å². The number of esters is 1. The number of benzene rings is 1. The molecule has 0 spiro atoms. The zero-order valence-corrected chi connectivity index (χ0v) is 13.5. The highest BCUT2D eigenvalue weighted by Crippen LogP contribution is 2.13. The van der Waals surface area contributed by atoms with Gasteiger partial charge in [0.05, 0.1) is 18.1 Å². The summed E-state index contributed by atoms with van der Waals surface area (Å²) in [6.45, 7) is 5.57. The van der Waals surface area contributed by atoms with E-state index in [1.54, 1.807) is 36.6 Å². The van der Waals surface area contributed by atoms with Crippen LogP contribution in [0.4, 0.5) is 0 Å². The van der Waals surface area contributed by atoms with Crippen LogP contribution in [0.3, 0.4) is 0 Å². The van der Waals surface area contributed by atoms with Crippen LogP contribution in [0, 0.1) is 6.92 Å². The molecule has 1 heterocycles. The van der Waals surface area contributed by atoms with E-state index in [0.29, 0.717) is 28.8 Å². The summed E-state index contributed by atoms with van der Waals surface area (Å²) in [6.07, 6.45) is 0. The number of fused-ring (bicyclic) bond motifs is 1. The van der Waals surface area contributed by atoms with Gasteiger partial charge < -0.3 is 14.6 Å². The van der Waals surface area contributed by atoms with Gasteiger partial charge in [-0.25, -0.2) is 9.78 Å². The summed E-state index contributed by atoms with van der Waals surface area (Å²) in [5.74, 6) is -0.925. The molecule has 122 valence electrons. The van der Waals surface area contributed by atoms with E-state index >= 15 is 0 Å². The Bertz CT molecular complexity index is 826. The Kier molecular flexibility index (Phi) is 4.78. The molecule has 1 atom stereocenters. The van der Waals surface area contributed by atoms with Gasteiger partial charge in [-0.1, -0.05) is 0 Å². The maximum absolute atomic E-state index is 12.2. The Hall–Kier alpha value is -2.70. The Morgan fingerprint density at radius 1 is 1.39 bits per heavy atom. The molecule has 1 amide bonds. The molecule has 1 aromatic heterocycles. The fourth-order valence-electron chi connectivity index (χ4n) is 2.35. The molecule has 7 nitrogen and oxygen atoms in total. The molecule has 0 aliphatic heterocycles. The Morgan fingerprint density at radius 2 is 2.09 bits per heavy atom. The number of nitrogens with zero attached hydrogens (tertiary/aromatic N) is 2. The average molecular weight is 317 g/mol. The number of hydrogen-bond acceptors (Lipinski definition) is 5. The first-order valence-corrected chi connectivity index (χ1v) is 7.29. The lowest BCUT2D eigenvalue weighted by Gasteiger charge is -2.13. The standard InChI is InChI=1S/C16H19N3O4/c1-5-19-13-7-6-11(8-12(13)17-9(2)15(19)21)14(20)18-10(3)16(22)23-4/h6-8,10H,5H2,1-4H3,(H,18,20)/t10-/m0/s1. The van der Waals surface area contributed by atoms with E-state index < -0.39 is 17.9 Å². The quantitative estimate of drug-likeness (QED) is 0.850. The second-order valence-electron chi connectivity index (χ2n) is 5.17. The third kappa shape index (κ3) is 3.23. The second kappa shape index (κ2) is 6.60. The van der Waals surface area contributed by atoms with Crippen molar-refractivity contribution in [3.8, 4) is 0 Å². The van der Waals surface area contributed by atoms with Crippen molar-refractivity contribution >= 4 is 22.9 Å². The van der Waals surface area contributed by atoms with E-state index in [-0.39, 0.29) is 5.56 Å². The highest BCUT2D eigenvalue weighted by Gasteiger charge is 2.17. The molecule has 0 saturated heterocycles. The molecule has 0 bridgehead atoms. The van der Waals surface area contributed by atoms with Crippen molar-refractivity contribution in [2.75, 3.05) is 7.11 Å². The van der Waals surface area contributed by atoms with Gasteiger partial charge in [0.2, 0.25) is 0 Å². The van der Waals surface area contributed by atoms with Crippen molar-refractivity contribution in [3.05, 3.63) is 39.8 Å². The molecule has 2 aromatic rings. The van der Waals surface area contributed by atoms with Crippen LogP contribution in [0.2, 0.25) is 0 Å². The summed E-state index contributed by atoms with van der Waals surface area (Å²) in [4.78, 5) is 39.9. The molecule has 1 N–H and O–H groups in total. The minimum Gasteiger partial charge on any atom is -0.467 e. The van der Waals surface area contributed by atoms with Crippen molar-refractivity contribution in [2.24, 2.45) is 0 Å². The number of methoxy groups -OCH3 is 1. The number of carbonyl (C=O) groups excluding carboxylic acids is 2. The van der Waals surface area contributed by atoms with Gasteiger partial charge in [0, 0.05) is 12.1 Å². The van der Waals surface area contributed by atoms with Crippen LogP contribution in [0.1, 0.15) is 29.9 Å². The van der Waals surface area contributed by atoms with Crippen molar-refractivity contribution in [3.63, 3.8) is 0 Å². The predicted molar refractivity (Wildman–Crippen MR) is 85.4 cm³/mol. The summed E-state index contributed by atoms with van der Waals surface area (Å²) in [6, 6.07) is 4.14. The minimum atomic E-state index is -0.748. The van der Waals surface area contributed by atoms with Gasteiger partial charge in [0.25, 0.3) is 11.5 Å². The highest BCUT2D eigenvalue weighted by molar-refractivity contribution is 5.99. The number of rotatable bonds is 4. The number of hydrogen-bond donors (Lipinski definition) is 1. The highest BCUT2D eigenvalue weighted by atomic mass is 16.5. The Balaban J connectivity index is 2.41. The lowest BCUT2D eigenvalue weighted by molar-refractivity contribution is -0.142. The number of aromatic nitrogens is 2. The van der Waals surface area contributed by atoms with Crippen LogP contribution in [0.25, 0.3) is 11.0 Å². The van der Waals surface area contributed by atoms with Gasteiger partial charge in [-0.2, -0.15) is 0 Å². The van der Waals surface area contributed by atoms with Crippen LogP contribution in [-0.2, 0) is 16.1 Å². The predicted octanol–water partition coefficient (Wildman–Crippen LogP) is 1.02. The number of aryl methyl sites for hydroxylation is 2. The first-order chi connectivity index (χ1) is 10.9. The first-order valence-electron chi connectivity index (χ1n) is 7.29. The average Bonchev–Trinajstić information content (AvgIpc) is 2.54. The largest absolute Gasteiger partial charge is 0.467 e. The lowest BCUT2D eigenvalue weighted by atomic mass is 10.1. The van der Waals surface area contributed by atoms with E-state index in [0.717, 1.165) is 0 Å². The summed E-state index contributed by atoms with van der Waals surface area (Å²) < 4.78 is 6.18. The van der Waals surface area contributed by atoms with Crippen LogP contribution in [-0.4, -0.2) is 34.6 Å². The van der Waals surface area contributed by atoms with E-state index in [9.17, 15) is 14.4 Å². The molecule has 1 aromatic carbocycles. The summed E-state index contributed by atoms with van der Waals surface area (Å²) in [5, 5.41) is 2.56. The molecule has 2 rings (SSSR count). The Labute approximate surface area is 133 Å². The monoisotopic (exact) mass is 317 g/mol. The van der Waals surface area contributed by atoms with Crippen molar-refractivity contribution in [2.45, 2.75) is 33.4 Å². The normalized spacial score (nSPS) is 12.0.